The van der Waals surface area contributed by atoms with Gasteiger partial charge in [0.1, 0.15) is 15.4 Å². The molecular formula is C11H13N3O4S. The number of nitrogens with zero attached hydrogens (tertiary/aromatic N) is 3. The highest BCUT2D eigenvalue weighted by Gasteiger charge is 2.13. The number of carboxylic acid groups (broad SMARTS) is 1. The first kappa shape index (κ1) is 13.5. The lowest BCUT2D eigenvalue weighted by Gasteiger charge is -2.04. The number of hydrogen-bond donors (Lipinski definition) is 1. The summed E-state index contributed by atoms with van der Waals surface area (Å²) in [5.74, 6) is -1.02. The van der Waals surface area contributed by atoms with Gasteiger partial charge in [-0.2, -0.15) is 0 Å². The molecule has 0 amide bonds. The van der Waals surface area contributed by atoms with Gasteiger partial charge in [0.15, 0.2) is 0 Å². The zero-order valence-electron chi connectivity index (χ0n) is 10.3. The molecule has 1 aromatic heterocycles. The van der Waals surface area contributed by atoms with Crippen molar-refractivity contribution in [2.75, 3.05) is 12.0 Å². The van der Waals surface area contributed by atoms with E-state index < -0.39 is 15.8 Å². The Kier molecular flexibility index (Phi) is 3.52. The van der Waals surface area contributed by atoms with E-state index in [1.807, 2.05) is 0 Å². The van der Waals surface area contributed by atoms with Crippen molar-refractivity contribution < 1.29 is 18.3 Å². The monoisotopic (exact) mass is 283 g/mol. The van der Waals surface area contributed by atoms with Crippen LogP contribution in [-0.4, -0.2) is 46.5 Å². The molecule has 0 saturated carbocycles. The van der Waals surface area contributed by atoms with E-state index in [4.69, 9.17) is 5.11 Å². The van der Waals surface area contributed by atoms with Gasteiger partial charge >= 0.3 is 5.97 Å². The van der Waals surface area contributed by atoms with Crippen LogP contribution in [0.1, 0.15) is 5.56 Å². The van der Waals surface area contributed by atoms with Crippen molar-refractivity contribution in [1.82, 2.24) is 15.0 Å². The molecule has 8 heteroatoms. The van der Waals surface area contributed by atoms with Crippen molar-refractivity contribution in [3.63, 3.8) is 0 Å². The molecule has 19 heavy (non-hydrogen) atoms. The number of sulfone groups is 1. The molecule has 102 valence electrons. The molecule has 7 nitrogen and oxygen atoms in total. The van der Waals surface area contributed by atoms with Gasteiger partial charge in [0.05, 0.1) is 24.2 Å². The Morgan fingerprint density at radius 3 is 2.79 bits per heavy atom. The minimum absolute atomic E-state index is 0.0626. The summed E-state index contributed by atoms with van der Waals surface area (Å²) in [7, 11) is -3.11. The number of hydrogen-bond acceptors (Lipinski definition) is 5. The molecule has 0 aliphatic carbocycles. The van der Waals surface area contributed by atoms with E-state index in [-0.39, 0.29) is 18.7 Å². The first-order chi connectivity index (χ1) is 8.87. The lowest BCUT2D eigenvalue weighted by Crippen LogP contribution is -2.13. The smallest absolute Gasteiger partial charge is 0.307 e. The third-order valence-corrected chi connectivity index (χ3v) is 3.56. The Morgan fingerprint density at radius 2 is 2.16 bits per heavy atom. The predicted molar refractivity (Wildman–Crippen MR) is 68.6 cm³/mol. The van der Waals surface area contributed by atoms with Gasteiger partial charge in [0.2, 0.25) is 0 Å². The molecule has 1 aromatic carbocycles. The van der Waals surface area contributed by atoms with Crippen LogP contribution < -0.4 is 0 Å². The fourth-order valence-corrected chi connectivity index (χ4v) is 2.32. The van der Waals surface area contributed by atoms with Gasteiger partial charge in [-0.25, -0.2) is 13.1 Å². The Balaban J connectivity index is 2.42. The molecule has 0 saturated heterocycles. The largest absolute Gasteiger partial charge is 0.481 e. The third kappa shape index (κ3) is 3.28. The average Bonchev–Trinajstić information content (AvgIpc) is 2.69. The molecule has 0 aliphatic rings. The zero-order valence-corrected chi connectivity index (χ0v) is 11.1. The number of carbonyl (C=O) groups is 1. The van der Waals surface area contributed by atoms with E-state index in [1.165, 1.54) is 4.68 Å². The van der Waals surface area contributed by atoms with Gasteiger partial charge in [-0.15, -0.1) is 5.10 Å². The van der Waals surface area contributed by atoms with Crippen LogP contribution in [0.3, 0.4) is 0 Å². The number of aliphatic carboxylic acids is 1. The van der Waals surface area contributed by atoms with Crippen LogP contribution >= 0.6 is 0 Å². The summed E-state index contributed by atoms with van der Waals surface area (Å²) in [6, 6.07) is 5.09. The van der Waals surface area contributed by atoms with Crippen molar-refractivity contribution in [3.8, 4) is 0 Å². The second-order valence-corrected chi connectivity index (χ2v) is 6.56. The second kappa shape index (κ2) is 4.96. The molecule has 0 unspecified atom stereocenters. The van der Waals surface area contributed by atoms with Crippen LogP contribution in [0.5, 0.6) is 0 Å². The SMILES string of the molecule is CS(=O)(=O)CCn1nnc2cccc(CC(=O)O)c21. The van der Waals surface area contributed by atoms with Crippen LogP contribution in [0.4, 0.5) is 0 Å². The number of para-hydroxylation sites is 1. The van der Waals surface area contributed by atoms with E-state index in [1.54, 1.807) is 18.2 Å². The number of carboxylic acids is 1. The number of aromatic nitrogens is 3. The van der Waals surface area contributed by atoms with Gasteiger partial charge in [-0.3, -0.25) is 4.79 Å². The quantitative estimate of drug-likeness (QED) is 0.835. The first-order valence-electron chi connectivity index (χ1n) is 5.57. The number of aryl methyl sites for hydroxylation is 1. The Labute approximate surface area is 109 Å². The van der Waals surface area contributed by atoms with E-state index in [9.17, 15) is 13.2 Å². The highest BCUT2D eigenvalue weighted by molar-refractivity contribution is 7.90. The summed E-state index contributed by atoms with van der Waals surface area (Å²) < 4.78 is 23.8. The molecule has 0 spiro atoms. The topological polar surface area (TPSA) is 102 Å². The maximum absolute atomic E-state index is 11.2. The number of benzene rings is 1. The Bertz CT molecular complexity index is 721. The van der Waals surface area contributed by atoms with Crippen LogP contribution in [0, 0.1) is 0 Å². The highest BCUT2D eigenvalue weighted by Crippen LogP contribution is 2.17. The van der Waals surface area contributed by atoms with Gasteiger partial charge in [-0.1, -0.05) is 17.3 Å². The molecular weight excluding hydrogens is 270 g/mol. The lowest BCUT2D eigenvalue weighted by molar-refractivity contribution is -0.136. The summed E-state index contributed by atoms with van der Waals surface area (Å²) in [6.07, 6.45) is 0.994. The van der Waals surface area contributed by atoms with Crippen molar-refractivity contribution in [1.29, 1.82) is 0 Å². The number of rotatable bonds is 5. The minimum atomic E-state index is -3.11. The van der Waals surface area contributed by atoms with E-state index in [2.05, 4.69) is 10.3 Å². The van der Waals surface area contributed by atoms with Crippen LogP contribution in [0.2, 0.25) is 0 Å². The van der Waals surface area contributed by atoms with Crippen LogP contribution in [0.15, 0.2) is 18.2 Å². The average molecular weight is 283 g/mol. The fourth-order valence-electron chi connectivity index (χ4n) is 1.82. The first-order valence-corrected chi connectivity index (χ1v) is 7.63. The van der Waals surface area contributed by atoms with Crippen LogP contribution in [0.25, 0.3) is 11.0 Å². The molecule has 0 atom stereocenters. The second-order valence-electron chi connectivity index (χ2n) is 4.30. The van der Waals surface area contributed by atoms with E-state index >= 15 is 0 Å². The zero-order chi connectivity index (χ0) is 14.0. The van der Waals surface area contributed by atoms with Crippen molar-refractivity contribution >= 4 is 26.8 Å². The van der Waals surface area contributed by atoms with Gasteiger partial charge in [0, 0.05) is 6.26 Å². The lowest BCUT2D eigenvalue weighted by atomic mass is 10.1. The van der Waals surface area contributed by atoms with E-state index in [0.29, 0.717) is 16.6 Å². The Morgan fingerprint density at radius 1 is 1.42 bits per heavy atom. The summed E-state index contributed by atoms with van der Waals surface area (Å²) in [4.78, 5) is 10.8. The van der Waals surface area contributed by atoms with Crippen molar-refractivity contribution in [2.24, 2.45) is 0 Å². The molecule has 0 radical (unpaired) electrons. The van der Waals surface area contributed by atoms with E-state index in [0.717, 1.165) is 6.26 Å². The van der Waals surface area contributed by atoms with Gasteiger partial charge < -0.3 is 5.11 Å². The molecule has 1 heterocycles. The number of fused-ring (bicyclic) bond motifs is 1. The molecule has 0 fully saturated rings. The third-order valence-electron chi connectivity index (χ3n) is 2.63. The highest BCUT2D eigenvalue weighted by atomic mass is 32.2. The maximum atomic E-state index is 11.2. The predicted octanol–water partition coefficient (Wildman–Crippen LogP) is 0.103. The normalized spacial score (nSPS) is 11.8. The molecule has 2 aromatic rings. The van der Waals surface area contributed by atoms with Gasteiger partial charge in [-0.05, 0) is 11.6 Å². The molecule has 2 rings (SSSR count). The van der Waals surface area contributed by atoms with Crippen molar-refractivity contribution in [2.45, 2.75) is 13.0 Å². The fraction of sp³-hybridized carbons (Fsp3) is 0.364. The minimum Gasteiger partial charge on any atom is -0.481 e. The summed E-state index contributed by atoms with van der Waals surface area (Å²) in [5, 5.41) is 16.7. The van der Waals surface area contributed by atoms with Crippen LogP contribution in [-0.2, 0) is 27.6 Å². The maximum Gasteiger partial charge on any atom is 0.307 e. The summed E-state index contributed by atoms with van der Waals surface area (Å²) in [5.41, 5.74) is 1.71. The standard InChI is InChI=1S/C11H13N3O4S/c1-19(17,18)6-5-14-11-8(7-10(15)16)3-2-4-9(11)12-13-14/h2-4H,5-7H2,1H3,(H,15,16). The van der Waals surface area contributed by atoms with Crippen molar-refractivity contribution in [3.05, 3.63) is 23.8 Å². The molecule has 0 bridgehead atoms. The molecule has 1 N–H and O–H groups in total. The summed E-state index contributed by atoms with van der Waals surface area (Å²) in [6.45, 7) is 0.159. The molecule has 0 aliphatic heterocycles. The van der Waals surface area contributed by atoms with Gasteiger partial charge in [0.25, 0.3) is 0 Å². The Hall–Kier alpha value is -1.96. The summed E-state index contributed by atoms with van der Waals surface area (Å²) >= 11 is 0.